The van der Waals surface area contributed by atoms with Crippen molar-refractivity contribution in [3.8, 4) is 5.75 Å². The summed E-state index contributed by atoms with van der Waals surface area (Å²) in [7, 11) is 0. The quantitative estimate of drug-likeness (QED) is 0.815. The number of nitrogens with one attached hydrogen (secondary N) is 1. The Labute approximate surface area is 117 Å². The Morgan fingerprint density at radius 1 is 1.21 bits per heavy atom. The van der Waals surface area contributed by atoms with Crippen molar-refractivity contribution < 1.29 is 9.13 Å². The maximum Gasteiger partial charge on any atom is 0.123 e. The normalized spacial score (nSPS) is 10.7. The minimum Gasteiger partial charge on any atom is -0.492 e. The van der Waals surface area contributed by atoms with Crippen LogP contribution in [0.25, 0.3) is 0 Å². The highest BCUT2D eigenvalue weighted by atomic mass is 32.1. The first-order chi connectivity index (χ1) is 9.15. The van der Waals surface area contributed by atoms with Crippen molar-refractivity contribution in [1.29, 1.82) is 0 Å². The summed E-state index contributed by atoms with van der Waals surface area (Å²) in [5.74, 6) is 0.520. The summed E-state index contributed by atoms with van der Waals surface area (Å²) in [4.78, 5) is 2.66. The molecule has 2 nitrogen and oxygen atoms in total. The van der Waals surface area contributed by atoms with Crippen molar-refractivity contribution in [2.45, 2.75) is 20.4 Å². The van der Waals surface area contributed by atoms with Crippen molar-refractivity contribution in [3.05, 3.63) is 51.5 Å². The molecule has 1 N–H and O–H groups in total. The van der Waals surface area contributed by atoms with Crippen LogP contribution in [0.1, 0.15) is 15.3 Å². The second-order valence-electron chi connectivity index (χ2n) is 4.45. The van der Waals surface area contributed by atoms with Gasteiger partial charge in [0.1, 0.15) is 18.2 Å². The molecule has 0 unspecified atom stereocenters. The monoisotopic (exact) mass is 279 g/mol. The van der Waals surface area contributed by atoms with E-state index < -0.39 is 0 Å². The van der Waals surface area contributed by atoms with E-state index in [4.69, 9.17) is 4.74 Å². The Balaban J connectivity index is 1.69. The Morgan fingerprint density at radius 3 is 2.74 bits per heavy atom. The Kier molecular flexibility index (Phi) is 4.93. The molecular formula is C15H18FNOS. The van der Waals surface area contributed by atoms with Gasteiger partial charge in [0, 0.05) is 22.8 Å². The molecule has 0 bridgehead atoms. The maximum absolute atomic E-state index is 12.9. The molecule has 0 fully saturated rings. The van der Waals surface area contributed by atoms with Gasteiger partial charge in [-0.05, 0) is 49.7 Å². The number of hydrogen-bond acceptors (Lipinski definition) is 3. The highest BCUT2D eigenvalue weighted by Gasteiger charge is 2.01. The molecule has 0 spiro atoms. The Hall–Kier alpha value is -1.39. The number of aryl methyl sites for hydroxylation is 2. The summed E-state index contributed by atoms with van der Waals surface area (Å²) in [6.07, 6.45) is 0. The van der Waals surface area contributed by atoms with Gasteiger partial charge in [0.25, 0.3) is 0 Å². The van der Waals surface area contributed by atoms with Crippen molar-refractivity contribution in [2.75, 3.05) is 13.2 Å². The van der Waals surface area contributed by atoms with E-state index in [1.807, 2.05) is 6.92 Å². The predicted molar refractivity (Wildman–Crippen MR) is 77.4 cm³/mol. The molecule has 1 aromatic heterocycles. The van der Waals surface area contributed by atoms with E-state index in [9.17, 15) is 4.39 Å². The van der Waals surface area contributed by atoms with Crippen LogP contribution in [-0.2, 0) is 6.54 Å². The predicted octanol–water partition coefficient (Wildman–Crippen LogP) is 3.67. The van der Waals surface area contributed by atoms with Gasteiger partial charge in [-0.2, -0.15) is 0 Å². The van der Waals surface area contributed by atoms with Crippen LogP contribution in [0, 0.1) is 19.7 Å². The van der Waals surface area contributed by atoms with E-state index in [-0.39, 0.29) is 5.82 Å². The second-order valence-corrected chi connectivity index (χ2v) is 5.82. The summed E-state index contributed by atoms with van der Waals surface area (Å²) < 4.78 is 18.5. The van der Waals surface area contributed by atoms with E-state index in [1.165, 1.54) is 21.9 Å². The first kappa shape index (κ1) is 14.0. The molecule has 102 valence electrons. The van der Waals surface area contributed by atoms with Crippen LogP contribution in [0.5, 0.6) is 5.75 Å². The van der Waals surface area contributed by atoms with Crippen LogP contribution in [0.2, 0.25) is 0 Å². The SMILES string of the molecule is Cc1ccc(CNCCOc2ccc(F)cc2C)s1. The van der Waals surface area contributed by atoms with Gasteiger partial charge in [-0.1, -0.05) is 0 Å². The van der Waals surface area contributed by atoms with Crippen LogP contribution in [0.15, 0.2) is 30.3 Å². The van der Waals surface area contributed by atoms with Crippen molar-refractivity contribution in [1.82, 2.24) is 5.32 Å². The summed E-state index contributed by atoms with van der Waals surface area (Å²) >= 11 is 1.80. The van der Waals surface area contributed by atoms with E-state index in [0.717, 1.165) is 24.4 Å². The number of ether oxygens (including phenoxy) is 1. The lowest BCUT2D eigenvalue weighted by molar-refractivity contribution is 0.311. The van der Waals surface area contributed by atoms with Gasteiger partial charge in [0.15, 0.2) is 0 Å². The molecule has 1 heterocycles. The van der Waals surface area contributed by atoms with E-state index >= 15 is 0 Å². The number of hydrogen-bond donors (Lipinski definition) is 1. The number of rotatable bonds is 6. The van der Waals surface area contributed by atoms with E-state index in [2.05, 4.69) is 24.4 Å². The molecule has 0 saturated heterocycles. The first-order valence-electron chi connectivity index (χ1n) is 6.30. The molecule has 0 atom stereocenters. The van der Waals surface area contributed by atoms with Crippen LogP contribution in [0.3, 0.4) is 0 Å². The molecule has 4 heteroatoms. The lowest BCUT2D eigenvalue weighted by atomic mass is 10.2. The summed E-state index contributed by atoms with van der Waals surface area (Å²) in [6, 6.07) is 8.84. The molecule has 2 rings (SSSR count). The lowest BCUT2D eigenvalue weighted by Crippen LogP contribution is -2.20. The summed E-state index contributed by atoms with van der Waals surface area (Å²) in [5.41, 5.74) is 0.828. The third kappa shape index (κ3) is 4.33. The Bertz CT molecular complexity index is 539. The standard InChI is InChI=1S/C15H18FNOS/c1-11-9-13(16)4-6-15(11)18-8-7-17-10-14-5-3-12(2)19-14/h3-6,9,17H,7-8,10H2,1-2H3. The molecule has 2 aromatic rings. The highest BCUT2D eigenvalue weighted by Crippen LogP contribution is 2.18. The first-order valence-corrected chi connectivity index (χ1v) is 7.12. The fraction of sp³-hybridized carbons (Fsp3) is 0.333. The molecule has 0 saturated carbocycles. The third-order valence-electron chi connectivity index (χ3n) is 2.77. The molecule has 0 amide bonds. The van der Waals surface area contributed by atoms with Crippen LogP contribution < -0.4 is 10.1 Å². The van der Waals surface area contributed by atoms with Crippen molar-refractivity contribution in [3.63, 3.8) is 0 Å². The minimum atomic E-state index is -0.226. The van der Waals surface area contributed by atoms with Crippen LogP contribution in [0.4, 0.5) is 4.39 Å². The molecule has 19 heavy (non-hydrogen) atoms. The Morgan fingerprint density at radius 2 is 2.05 bits per heavy atom. The van der Waals surface area contributed by atoms with Gasteiger partial charge in [-0.25, -0.2) is 4.39 Å². The van der Waals surface area contributed by atoms with Crippen molar-refractivity contribution >= 4 is 11.3 Å². The number of halogens is 1. The van der Waals surface area contributed by atoms with Gasteiger partial charge >= 0.3 is 0 Å². The van der Waals surface area contributed by atoms with Crippen LogP contribution >= 0.6 is 11.3 Å². The average molecular weight is 279 g/mol. The van der Waals surface area contributed by atoms with Gasteiger partial charge in [0.2, 0.25) is 0 Å². The zero-order valence-electron chi connectivity index (χ0n) is 11.2. The van der Waals surface area contributed by atoms with Gasteiger partial charge in [0.05, 0.1) is 0 Å². The van der Waals surface area contributed by atoms with Gasteiger partial charge in [-0.15, -0.1) is 11.3 Å². The molecule has 0 radical (unpaired) electrons. The molecule has 1 aromatic carbocycles. The zero-order chi connectivity index (χ0) is 13.7. The lowest BCUT2D eigenvalue weighted by Gasteiger charge is -2.09. The molecule has 0 aliphatic carbocycles. The fourth-order valence-corrected chi connectivity index (χ4v) is 2.66. The zero-order valence-corrected chi connectivity index (χ0v) is 12.0. The summed E-state index contributed by atoms with van der Waals surface area (Å²) in [6.45, 7) is 6.17. The maximum atomic E-state index is 12.9. The average Bonchev–Trinajstić information content (AvgIpc) is 2.77. The smallest absolute Gasteiger partial charge is 0.123 e. The third-order valence-corrected chi connectivity index (χ3v) is 3.77. The second kappa shape index (κ2) is 6.68. The highest BCUT2D eigenvalue weighted by molar-refractivity contribution is 7.11. The van der Waals surface area contributed by atoms with Gasteiger partial charge in [-0.3, -0.25) is 0 Å². The topological polar surface area (TPSA) is 21.3 Å². The largest absolute Gasteiger partial charge is 0.492 e. The minimum absolute atomic E-state index is 0.226. The fourth-order valence-electron chi connectivity index (χ4n) is 1.80. The van der Waals surface area contributed by atoms with Crippen molar-refractivity contribution in [2.24, 2.45) is 0 Å². The number of benzene rings is 1. The molecular weight excluding hydrogens is 261 g/mol. The molecule has 0 aliphatic rings. The van der Waals surface area contributed by atoms with Crippen LogP contribution in [-0.4, -0.2) is 13.2 Å². The van der Waals surface area contributed by atoms with E-state index in [1.54, 1.807) is 17.4 Å². The van der Waals surface area contributed by atoms with Gasteiger partial charge < -0.3 is 10.1 Å². The summed E-state index contributed by atoms with van der Waals surface area (Å²) in [5, 5.41) is 3.33. The van der Waals surface area contributed by atoms with E-state index in [0.29, 0.717) is 6.61 Å². The number of thiophene rings is 1. The molecule has 0 aliphatic heterocycles.